The van der Waals surface area contributed by atoms with Gasteiger partial charge in [0.1, 0.15) is 5.75 Å². The summed E-state index contributed by atoms with van der Waals surface area (Å²) in [6, 6.07) is 14.4. The largest absolute Gasteiger partial charge is 0.494 e. The second-order valence-electron chi connectivity index (χ2n) is 7.50. The summed E-state index contributed by atoms with van der Waals surface area (Å²) in [6.45, 7) is 4.32. The van der Waals surface area contributed by atoms with Gasteiger partial charge in [-0.3, -0.25) is 9.59 Å². The fourth-order valence-electron chi connectivity index (χ4n) is 3.54. The first-order valence-corrected chi connectivity index (χ1v) is 10.6. The van der Waals surface area contributed by atoms with Crippen molar-refractivity contribution in [3.05, 3.63) is 59.7 Å². The molecule has 6 nitrogen and oxygen atoms in total. The molecule has 1 aliphatic carbocycles. The summed E-state index contributed by atoms with van der Waals surface area (Å²) < 4.78 is 5.38. The summed E-state index contributed by atoms with van der Waals surface area (Å²) in [7, 11) is 0. The Hall–Kier alpha value is -3.15. The standard InChI is InChI=1S/C24H29N3O3/c1-3-30-22-15-11-20(12-16-22)24(29)27-26-17(2)18-9-13-21(14-10-18)25-23(28)19-7-5-4-6-8-19/h9-16,19H,3-8H2,1-2H3,(H,25,28)(H,27,29). The first kappa shape index (κ1) is 21.6. The first-order valence-electron chi connectivity index (χ1n) is 10.6. The Morgan fingerprint density at radius 3 is 2.23 bits per heavy atom. The first-order chi connectivity index (χ1) is 14.6. The van der Waals surface area contributed by atoms with E-state index in [-0.39, 0.29) is 17.7 Å². The van der Waals surface area contributed by atoms with Crippen LogP contribution in [0.5, 0.6) is 5.75 Å². The smallest absolute Gasteiger partial charge is 0.271 e. The van der Waals surface area contributed by atoms with Crippen LogP contribution in [0, 0.1) is 5.92 Å². The molecule has 0 spiro atoms. The van der Waals surface area contributed by atoms with Crippen LogP contribution >= 0.6 is 0 Å². The molecule has 0 heterocycles. The lowest BCUT2D eigenvalue weighted by atomic mass is 9.88. The zero-order chi connectivity index (χ0) is 21.3. The van der Waals surface area contributed by atoms with Crippen molar-refractivity contribution in [2.45, 2.75) is 46.0 Å². The Kier molecular flexibility index (Phi) is 7.60. The maximum Gasteiger partial charge on any atom is 0.271 e. The Morgan fingerprint density at radius 1 is 0.967 bits per heavy atom. The average molecular weight is 408 g/mol. The minimum Gasteiger partial charge on any atom is -0.494 e. The predicted octanol–water partition coefficient (Wildman–Crippen LogP) is 4.76. The molecule has 1 fully saturated rings. The number of nitrogens with zero attached hydrogens (tertiary/aromatic N) is 1. The number of carbonyl (C=O) groups is 2. The third-order valence-electron chi connectivity index (χ3n) is 5.30. The van der Waals surface area contributed by atoms with Crippen LogP contribution in [0.3, 0.4) is 0 Å². The van der Waals surface area contributed by atoms with E-state index >= 15 is 0 Å². The van der Waals surface area contributed by atoms with Gasteiger partial charge in [0.25, 0.3) is 5.91 Å². The predicted molar refractivity (Wildman–Crippen MR) is 119 cm³/mol. The molecular weight excluding hydrogens is 378 g/mol. The topological polar surface area (TPSA) is 79.8 Å². The molecule has 1 saturated carbocycles. The molecule has 1 aliphatic rings. The summed E-state index contributed by atoms with van der Waals surface area (Å²) in [5.41, 5.74) is 5.42. The summed E-state index contributed by atoms with van der Waals surface area (Å²) in [6.07, 6.45) is 5.45. The Labute approximate surface area is 177 Å². The van der Waals surface area contributed by atoms with Gasteiger partial charge in [-0.25, -0.2) is 5.43 Å². The van der Waals surface area contributed by atoms with E-state index in [1.54, 1.807) is 24.3 Å². The number of carbonyl (C=O) groups excluding carboxylic acids is 2. The number of rotatable bonds is 7. The zero-order valence-corrected chi connectivity index (χ0v) is 17.6. The van der Waals surface area contributed by atoms with E-state index in [1.807, 2.05) is 38.1 Å². The van der Waals surface area contributed by atoms with Crippen molar-refractivity contribution in [2.75, 3.05) is 11.9 Å². The van der Waals surface area contributed by atoms with Crippen molar-refractivity contribution < 1.29 is 14.3 Å². The van der Waals surface area contributed by atoms with Crippen LogP contribution in [-0.4, -0.2) is 24.1 Å². The molecule has 0 unspecified atom stereocenters. The fraction of sp³-hybridized carbons (Fsp3) is 0.375. The SMILES string of the molecule is CCOc1ccc(C(=O)NN=C(C)c2ccc(NC(=O)C3CCCCC3)cc2)cc1. The van der Waals surface area contributed by atoms with Crippen LogP contribution < -0.4 is 15.5 Å². The summed E-state index contributed by atoms with van der Waals surface area (Å²) in [5.74, 6) is 0.674. The van der Waals surface area contributed by atoms with E-state index in [4.69, 9.17) is 4.74 Å². The van der Waals surface area contributed by atoms with Gasteiger partial charge in [-0.2, -0.15) is 5.10 Å². The molecule has 30 heavy (non-hydrogen) atoms. The van der Waals surface area contributed by atoms with Gasteiger partial charge in [-0.15, -0.1) is 0 Å². The maximum absolute atomic E-state index is 12.4. The van der Waals surface area contributed by atoms with E-state index in [2.05, 4.69) is 15.8 Å². The highest BCUT2D eigenvalue weighted by Crippen LogP contribution is 2.25. The van der Waals surface area contributed by atoms with Crippen molar-refractivity contribution in [1.82, 2.24) is 5.43 Å². The van der Waals surface area contributed by atoms with Gasteiger partial charge in [0.2, 0.25) is 5.91 Å². The highest BCUT2D eigenvalue weighted by atomic mass is 16.5. The number of hydrazone groups is 1. The van der Waals surface area contributed by atoms with Crippen molar-refractivity contribution >= 4 is 23.2 Å². The number of hydrogen-bond donors (Lipinski definition) is 2. The second kappa shape index (κ2) is 10.6. The molecule has 0 saturated heterocycles. The van der Waals surface area contributed by atoms with Gasteiger partial charge in [0, 0.05) is 17.2 Å². The number of nitrogens with one attached hydrogen (secondary N) is 2. The number of hydrogen-bond acceptors (Lipinski definition) is 4. The lowest BCUT2D eigenvalue weighted by Crippen LogP contribution is -2.24. The lowest BCUT2D eigenvalue weighted by molar-refractivity contribution is -0.120. The van der Waals surface area contributed by atoms with Crippen LogP contribution in [0.25, 0.3) is 0 Å². The second-order valence-corrected chi connectivity index (χ2v) is 7.50. The van der Waals surface area contributed by atoms with Crippen LogP contribution in [0.2, 0.25) is 0 Å². The van der Waals surface area contributed by atoms with E-state index in [9.17, 15) is 9.59 Å². The highest BCUT2D eigenvalue weighted by Gasteiger charge is 2.20. The number of amides is 2. The quantitative estimate of drug-likeness (QED) is 0.513. The van der Waals surface area contributed by atoms with Crippen molar-refractivity contribution in [1.29, 1.82) is 0 Å². The molecule has 0 aromatic heterocycles. The van der Waals surface area contributed by atoms with Crippen molar-refractivity contribution in [3.63, 3.8) is 0 Å². The molecule has 3 rings (SSSR count). The van der Waals surface area contributed by atoms with Crippen LogP contribution in [0.4, 0.5) is 5.69 Å². The number of benzene rings is 2. The highest BCUT2D eigenvalue weighted by molar-refractivity contribution is 6.01. The third-order valence-corrected chi connectivity index (χ3v) is 5.30. The van der Waals surface area contributed by atoms with Crippen molar-refractivity contribution in [3.8, 4) is 5.75 Å². The Bertz CT molecular complexity index is 883. The van der Waals surface area contributed by atoms with Gasteiger partial charge < -0.3 is 10.1 Å². The molecule has 0 bridgehead atoms. The minimum atomic E-state index is -0.284. The van der Waals surface area contributed by atoms with Gasteiger partial charge >= 0.3 is 0 Å². The normalized spacial score (nSPS) is 14.8. The van der Waals surface area contributed by atoms with Crippen LogP contribution in [0.15, 0.2) is 53.6 Å². The van der Waals surface area contributed by atoms with E-state index in [1.165, 1.54) is 6.42 Å². The maximum atomic E-state index is 12.4. The summed E-state index contributed by atoms with van der Waals surface area (Å²) in [4.78, 5) is 24.6. The molecule has 158 valence electrons. The number of anilines is 1. The van der Waals surface area contributed by atoms with Crippen molar-refractivity contribution in [2.24, 2.45) is 11.0 Å². The summed E-state index contributed by atoms with van der Waals surface area (Å²) >= 11 is 0. The molecule has 0 aliphatic heterocycles. The minimum absolute atomic E-state index is 0.107. The molecule has 2 aromatic rings. The van der Waals surface area contributed by atoms with Gasteiger partial charge in [-0.1, -0.05) is 31.4 Å². The van der Waals surface area contributed by atoms with Crippen LogP contribution in [-0.2, 0) is 4.79 Å². The summed E-state index contributed by atoms with van der Waals surface area (Å²) in [5, 5.41) is 7.20. The van der Waals surface area contributed by atoms with E-state index in [0.717, 1.165) is 42.7 Å². The van der Waals surface area contributed by atoms with Gasteiger partial charge in [0.15, 0.2) is 0 Å². The Balaban J connectivity index is 1.55. The number of ether oxygens (including phenoxy) is 1. The van der Waals surface area contributed by atoms with Crippen LogP contribution in [0.1, 0.15) is 61.9 Å². The third kappa shape index (κ3) is 5.92. The Morgan fingerprint density at radius 2 is 1.60 bits per heavy atom. The van der Waals surface area contributed by atoms with E-state index < -0.39 is 0 Å². The average Bonchev–Trinajstić information content (AvgIpc) is 2.79. The lowest BCUT2D eigenvalue weighted by Gasteiger charge is -2.20. The fourth-order valence-corrected chi connectivity index (χ4v) is 3.54. The molecule has 2 N–H and O–H groups in total. The van der Waals surface area contributed by atoms with E-state index in [0.29, 0.717) is 17.9 Å². The monoisotopic (exact) mass is 407 g/mol. The molecule has 0 atom stereocenters. The zero-order valence-electron chi connectivity index (χ0n) is 17.6. The molecule has 0 radical (unpaired) electrons. The molecule has 2 aromatic carbocycles. The molecule has 6 heteroatoms. The molecule has 2 amide bonds. The molecular formula is C24H29N3O3. The van der Waals surface area contributed by atoms with Gasteiger partial charge in [-0.05, 0) is 68.7 Å². The van der Waals surface area contributed by atoms with Gasteiger partial charge in [0.05, 0.1) is 12.3 Å².